The number of rotatable bonds is 7. The SMILES string of the molecule is CCNC(=NCCNC(=O)c1ccccc1O)N1CCN(CC(=O)N2CCOCC2)CC1. The maximum absolute atomic E-state index is 12.5. The molecule has 0 spiro atoms. The van der Waals surface area contributed by atoms with Crippen LogP contribution in [0.15, 0.2) is 29.3 Å². The quantitative estimate of drug-likeness (QED) is 0.296. The van der Waals surface area contributed by atoms with Gasteiger partial charge in [0.05, 0.1) is 31.9 Å². The number of guanidine groups is 1. The second-order valence-electron chi connectivity index (χ2n) is 7.77. The standard InChI is InChI=1S/C22H34N6O4/c1-2-23-22(25-8-7-24-21(31)18-5-3-4-6-19(18)29)28-11-9-26(10-12-28)17-20(30)27-13-15-32-16-14-27/h3-6,29H,2,7-17H2,1H3,(H,23,25)(H,24,31). The van der Waals surface area contributed by atoms with Crippen LogP contribution in [0.25, 0.3) is 0 Å². The van der Waals surface area contributed by atoms with Crippen LogP contribution in [0.1, 0.15) is 17.3 Å². The number of hydrogen-bond acceptors (Lipinski definition) is 6. The van der Waals surface area contributed by atoms with Crippen molar-refractivity contribution in [2.75, 3.05) is 78.7 Å². The van der Waals surface area contributed by atoms with Crippen molar-refractivity contribution in [2.24, 2.45) is 4.99 Å². The third kappa shape index (κ3) is 6.83. The van der Waals surface area contributed by atoms with E-state index in [1.54, 1.807) is 18.2 Å². The number of phenols is 1. The van der Waals surface area contributed by atoms with E-state index in [-0.39, 0.29) is 23.1 Å². The van der Waals surface area contributed by atoms with Crippen LogP contribution in [0.2, 0.25) is 0 Å². The van der Waals surface area contributed by atoms with E-state index in [0.717, 1.165) is 38.7 Å². The number of nitrogens with zero attached hydrogens (tertiary/aromatic N) is 4. The number of benzene rings is 1. The summed E-state index contributed by atoms with van der Waals surface area (Å²) in [5.41, 5.74) is 0.256. The largest absolute Gasteiger partial charge is 0.507 e. The third-order valence-electron chi connectivity index (χ3n) is 5.54. The molecule has 32 heavy (non-hydrogen) atoms. The number of hydrogen-bond donors (Lipinski definition) is 3. The molecule has 0 radical (unpaired) electrons. The summed E-state index contributed by atoms with van der Waals surface area (Å²) in [5.74, 6) is 0.625. The molecule has 2 aliphatic rings. The Morgan fingerprint density at radius 2 is 1.75 bits per heavy atom. The molecule has 1 aromatic rings. The van der Waals surface area contributed by atoms with Gasteiger partial charge in [0, 0.05) is 52.4 Å². The Balaban J connectivity index is 1.43. The Kier molecular flexibility index (Phi) is 9.12. The van der Waals surface area contributed by atoms with Gasteiger partial charge in [-0.2, -0.15) is 0 Å². The van der Waals surface area contributed by atoms with Gasteiger partial charge in [0.15, 0.2) is 5.96 Å². The first-order valence-corrected chi connectivity index (χ1v) is 11.3. The second-order valence-corrected chi connectivity index (χ2v) is 7.77. The maximum atomic E-state index is 12.5. The van der Waals surface area contributed by atoms with Gasteiger partial charge in [-0.05, 0) is 19.1 Å². The number of para-hydroxylation sites is 1. The van der Waals surface area contributed by atoms with Crippen molar-refractivity contribution in [2.45, 2.75) is 6.92 Å². The average molecular weight is 447 g/mol. The number of nitrogens with one attached hydrogen (secondary N) is 2. The number of aliphatic imine (C=N–C) groups is 1. The van der Waals surface area contributed by atoms with Gasteiger partial charge in [-0.1, -0.05) is 12.1 Å². The number of amides is 2. The maximum Gasteiger partial charge on any atom is 0.255 e. The van der Waals surface area contributed by atoms with Crippen molar-refractivity contribution in [3.63, 3.8) is 0 Å². The Morgan fingerprint density at radius 3 is 2.44 bits per heavy atom. The average Bonchev–Trinajstić information content (AvgIpc) is 2.82. The molecule has 10 nitrogen and oxygen atoms in total. The Morgan fingerprint density at radius 1 is 1.03 bits per heavy atom. The molecule has 0 atom stereocenters. The van der Waals surface area contributed by atoms with E-state index < -0.39 is 0 Å². The molecule has 1 aromatic carbocycles. The number of carbonyl (C=O) groups is 2. The molecule has 2 aliphatic heterocycles. The van der Waals surface area contributed by atoms with Crippen LogP contribution >= 0.6 is 0 Å². The van der Waals surface area contributed by atoms with Crippen LogP contribution in [0.5, 0.6) is 5.75 Å². The van der Waals surface area contributed by atoms with E-state index in [1.165, 1.54) is 6.07 Å². The van der Waals surface area contributed by atoms with E-state index in [9.17, 15) is 14.7 Å². The molecular weight excluding hydrogens is 412 g/mol. The van der Waals surface area contributed by atoms with Crippen molar-refractivity contribution in [1.29, 1.82) is 0 Å². The highest BCUT2D eigenvalue weighted by molar-refractivity contribution is 5.96. The predicted molar refractivity (Wildman–Crippen MR) is 122 cm³/mol. The van der Waals surface area contributed by atoms with E-state index in [0.29, 0.717) is 45.9 Å². The molecule has 3 N–H and O–H groups in total. The van der Waals surface area contributed by atoms with Crippen LogP contribution in [0.4, 0.5) is 0 Å². The third-order valence-corrected chi connectivity index (χ3v) is 5.54. The van der Waals surface area contributed by atoms with Gasteiger partial charge in [-0.25, -0.2) is 0 Å². The monoisotopic (exact) mass is 446 g/mol. The topological polar surface area (TPSA) is 110 Å². The molecular formula is C22H34N6O4. The van der Waals surface area contributed by atoms with Crippen molar-refractivity contribution in [3.8, 4) is 5.75 Å². The van der Waals surface area contributed by atoms with Crippen LogP contribution in [-0.2, 0) is 9.53 Å². The molecule has 2 fully saturated rings. The van der Waals surface area contributed by atoms with Gasteiger partial charge in [-0.15, -0.1) is 0 Å². The van der Waals surface area contributed by atoms with E-state index >= 15 is 0 Å². The van der Waals surface area contributed by atoms with Crippen molar-refractivity contribution in [3.05, 3.63) is 29.8 Å². The zero-order valence-corrected chi connectivity index (χ0v) is 18.8. The summed E-state index contributed by atoms with van der Waals surface area (Å²) >= 11 is 0. The van der Waals surface area contributed by atoms with Crippen LogP contribution < -0.4 is 10.6 Å². The summed E-state index contributed by atoms with van der Waals surface area (Å²) in [7, 11) is 0. The van der Waals surface area contributed by atoms with Gasteiger partial charge in [0.2, 0.25) is 5.91 Å². The molecule has 0 saturated carbocycles. The summed E-state index contributed by atoms with van der Waals surface area (Å²) < 4.78 is 5.32. The highest BCUT2D eigenvalue weighted by Gasteiger charge is 2.24. The normalized spacial score (nSPS) is 17.8. The molecule has 2 heterocycles. The number of ether oxygens (including phenoxy) is 1. The molecule has 176 valence electrons. The molecule has 0 aliphatic carbocycles. The zero-order chi connectivity index (χ0) is 22.8. The van der Waals surface area contributed by atoms with Gasteiger partial charge < -0.3 is 30.3 Å². The summed E-state index contributed by atoms with van der Waals surface area (Å²) in [6.07, 6.45) is 0. The molecule has 2 amide bonds. The first kappa shape index (κ1) is 23.8. The van der Waals surface area contributed by atoms with E-state index in [2.05, 4.69) is 25.4 Å². The number of piperazine rings is 1. The minimum Gasteiger partial charge on any atom is -0.507 e. The first-order valence-electron chi connectivity index (χ1n) is 11.3. The van der Waals surface area contributed by atoms with Crippen molar-refractivity contribution < 1.29 is 19.4 Å². The minimum absolute atomic E-state index is 0.0354. The van der Waals surface area contributed by atoms with Crippen molar-refractivity contribution >= 4 is 17.8 Å². The first-order chi connectivity index (χ1) is 15.6. The summed E-state index contributed by atoms with van der Waals surface area (Å²) in [6, 6.07) is 6.47. The second kappa shape index (κ2) is 12.3. The Bertz CT molecular complexity index is 788. The number of aromatic hydroxyl groups is 1. The Labute approximate surface area is 189 Å². The van der Waals surface area contributed by atoms with Gasteiger partial charge >= 0.3 is 0 Å². The number of phenolic OH excluding ortho intramolecular Hbond substituents is 1. The predicted octanol–water partition coefficient (Wildman–Crippen LogP) is -0.436. The van der Waals surface area contributed by atoms with Crippen LogP contribution in [0, 0.1) is 0 Å². The molecule has 0 aromatic heterocycles. The lowest BCUT2D eigenvalue weighted by Gasteiger charge is -2.37. The van der Waals surface area contributed by atoms with Crippen molar-refractivity contribution in [1.82, 2.24) is 25.3 Å². The fourth-order valence-electron chi connectivity index (χ4n) is 3.74. The van der Waals surface area contributed by atoms with Gasteiger partial charge in [-0.3, -0.25) is 19.5 Å². The number of morpholine rings is 1. The van der Waals surface area contributed by atoms with Crippen LogP contribution in [-0.4, -0.2) is 116 Å². The summed E-state index contributed by atoms with van der Waals surface area (Å²) in [5, 5.41) is 15.9. The molecule has 3 rings (SSSR count). The lowest BCUT2D eigenvalue weighted by molar-refractivity contribution is -0.136. The summed E-state index contributed by atoms with van der Waals surface area (Å²) in [6.45, 7) is 9.77. The summed E-state index contributed by atoms with van der Waals surface area (Å²) in [4.78, 5) is 35.5. The van der Waals surface area contributed by atoms with E-state index in [4.69, 9.17) is 4.74 Å². The zero-order valence-electron chi connectivity index (χ0n) is 18.8. The van der Waals surface area contributed by atoms with Gasteiger partial charge in [0.1, 0.15) is 5.75 Å². The lowest BCUT2D eigenvalue weighted by atomic mass is 10.2. The minimum atomic E-state index is -0.318. The lowest BCUT2D eigenvalue weighted by Crippen LogP contribution is -2.55. The smallest absolute Gasteiger partial charge is 0.255 e. The highest BCUT2D eigenvalue weighted by atomic mass is 16.5. The molecule has 10 heteroatoms. The van der Waals surface area contributed by atoms with Crippen LogP contribution in [0.3, 0.4) is 0 Å². The fourth-order valence-corrected chi connectivity index (χ4v) is 3.74. The van der Waals surface area contributed by atoms with Gasteiger partial charge in [0.25, 0.3) is 5.91 Å². The molecule has 0 bridgehead atoms. The highest BCUT2D eigenvalue weighted by Crippen LogP contribution is 2.14. The number of carbonyl (C=O) groups excluding carboxylic acids is 2. The molecule has 0 unspecified atom stereocenters. The van der Waals surface area contributed by atoms with E-state index in [1.807, 2.05) is 11.8 Å². The molecule has 2 saturated heterocycles. The Hall–Kier alpha value is -2.85. The fraction of sp³-hybridized carbons (Fsp3) is 0.591.